The Morgan fingerprint density at radius 1 is 1.06 bits per heavy atom. The number of allylic oxidation sites excluding steroid dienone is 2. The fourth-order valence-electron chi connectivity index (χ4n) is 4.90. The molecule has 1 heterocycles. The molecular formula is C35H43BrF2N6O3. The molecule has 1 aromatic heterocycles. The summed E-state index contributed by atoms with van der Waals surface area (Å²) in [6, 6.07) is 11.2. The second-order valence-electron chi connectivity index (χ2n) is 10.9. The Bertz CT molecular complexity index is 1630. The number of aliphatic hydroxyl groups excluding tert-OH is 1. The van der Waals surface area contributed by atoms with E-state index in [-0.39, 0.29) is 35.3 Å². The molecule has 0 radical (unpaired) electrons. The predicted molar refractivity (Wildman–Crippen MR) is 190 cm³/mol. The molecule has 9 nitrogen and oxygen atoms in total. The predicted octanol–water partition coefficient (Wildman–Crippen LogP) is 7.59. The van der Waals surface area contributed by atoms with Gasteiger partial charge in [0.05, 0.1) is 36.6 Å². The van der Waals surface area contributed by atoms with Crippen molar-refractivity contribution in [1.29, 1.82) is 0 Å². The highest BCUT2D eigenvalue weighted by molar-refractivity contribution is 9.12. The van der Waals surface area contributed by atoms with E-state index < -0.39 is 5.82 Å². The highest BCUT2D eigenvalue weighted by Gasteiger charge is 2.17. The highest BCUT2D eigenvalue weighted by Crippen LogP contribution is 2.36. The lowest BCUT2D eigenvalue weighted by atomic mass is 10.00. The Balaban J connectivity index is 1.91. The lowest BCUT2D eigenvalue weighted by Gasteiger charge is -2.25. The van der Waals surface area contributed by atoms with Crippen LogP contribution in [0.15, 0.2) is 88.0 Å². The minimum atomic E-state index is -0.659. The summed E-state index contributed by atoms with van der Waals surface area (Å²) in [5.74, 6) is 0.758. The number of nitrogens with zero attached hydrogens (tertiary/aromatic N) is 4. The van der Waals surface area contributed by atoms with Gasteiger partial charge < -0.3 is 30.9 Å². The molecule has 5 N–H and O–H groups in total. The van der Waals surface area contributed by atoms with Gasteiger partial charge in [-0.2, -0.15) is 5.12 Å². The van der Waals surface area contributed by atoms with E-state index >= 15 is 8.87 Å². The first-order chi connectivity index (χ1) is 22.5. The van der Waals surface area contributed by atoms with E-state index in [9.17, 15) is 5.11 Å². The quantitative estimate of drug-likeness (QED) is 0.103. The monoisotopic (exact) mass is 712 g/mol. The lowest BCUT2D eigenvalue weighted by Crippen LogP contribution is -2.23. The first-order valence-corrected chi connectivity index (χ1v) is 15.9. The molecule has 252 valence electrons. The van der Waals surface area contributed by atoms with Gasteiger partial charge in [-0.1, -0.05) is 23.9 Å². The average Bonchev–Trinajstić information content (AvgIpc) is 3.07. The van der Waals surface area contributed by atoms with Crippen LogP contribution in [0.5, 0.6) is 11.5 Å². The summed E-state index contributed by atoms with van der Waals surface area (Å²) in [6.45, 7) is 6.57. The third kappa shape index (κ3) is 10.3. The molecular weight excluding hydrogens is 670 g/mol. The number of hydrogen-bond donors (Lipinski definition) is 3. The van der Waals surface area contributed by atoms with Gasteiger partial charge in [0.15, 0.2) is 11.5 Å². The van der Waals surface area contributed by atoms with Crippen LogP contribution in [0, 0.1) is 11.7 Å². The van der Waals surface area contributed by atoms with E-state index in [1.165, 1.54) is 18.3 Å². The summed E-state index contributed by atoms with van der Waals surface area (Å²) in [6.07, 6.45) is 9.59. The van der Waals surface area contributed by atoms with Crippen LogP contribution in [0.3, 0.4) is 0 Å². The van der Waals surface area contributed by atoms with Crippen LogP contribution in [0.25, 0.3) is 22.3 Å². The zero-order valence-corrected chi connectivity index (χ0v) is 29.0. The SMILES string of the molecule is CCC(CCO)CN(/C=C(\C)C/N=C\C(Br)=C/N)/C=C(\C)N(F)c1ccc(-c2cc(-c3ccc(OC)c(OC)c3)cnc2N)c(F)c1. The topological polar surface area (TPSA) is 122 Å². The Labute approximate surface area is 284 Å². The van der Waals surface area contributed by atoms with Crippen molar-refractivity contribution in [1.82, 2.24) is 9.88 Å². The van der Waals surface area contributed by atoms with Gasteiger partial charge in [0.1, 0.15) is 11.6 Å². The first-order valence-electron chi connectivity index (χ1n) is 15.1. The number of methoxy groups -OCH3 is 2. The second-order valence-corrected chi connectivity index (χ2v) is 11.8. The van der Waals surface area contributed by atoms with Crippen molar-refractivity contribution in [3.8, 4) is 33.8 Å². The third-order valence-corrected chi connectivity index (χ3v) is 7.92. The van der Waals surface area contributed by atoms with Crippen LogP contribution in [-0.2, 0) is 0 Å². The molecule has 2 aromatic carbocycles. The van der Waals surface area contributed by atoms with Gasteiger partial charge >= 0.3 is 0 Å². The number of nitrogen functional groups attached to an aromatic ring is 1. The Kier molecular flexibility index (Phi) is 14.2. The minimum absolute atomic E-state index is 0.00801. The van der Waals surface area contributed by atoms with E-state index in [4.69, 9.17) is 20.9 Å². The summed E-state index contributed by atoms with van der Waals surface area (Å²) in [5, 5.41) is 9.95. The van der Waals surface area contributed by atoms with Crippen LogP contribution in [-0.4, -0.2) is 55.1 Å². The number of aliphatic hydroxyl groups is 1. The highest BCUT2D eigenvalue weighted by atomic mass is 79.9. The van der Waals surface area contributed by atoms with E-state index in [1.54, 1.807) is 58.0 Å². The number of hydrogen-bond acceptors (Lipinski definition) is 9. The molecule has 0 amide bonds. The van der Waals surface area contributed by atoms with Crippen molar-refractivity contribution in [3.63, 3.8) is 0 Å². The van der Waals surface area contributed by atoms with Crippen molar-refractivity contribution < 1.29 is 23.5 Å². The van der Waals surface area contributed by atoms with E-state index in [0.717, 1.165) is 23.6 Å². The summed E-state index contributed by atoms with van der Waals surface area (Å²) in [7, 11) is 3.10. The largest absolute Gasteiger partial charge is 0.493 e. The molecule has 0 saturated carbocycles. The zero-order valence-electron chi connectivity index (χ0n) is 27.4. The van der Waals surface area contributed by atoms with Crippen LogP contribution >= 0.6 is 15.9 Å². The maximum Gasteiger partial charge on any atom is 0.161 e. The third-order valence-electron chi connectivity index (χ3n) is 7.45. The molecule has 1 atom stereocenters. The minimum Gasteiger partial charge on any atom is -0.493 e. The van der Waals surface area contributed by atoms with E-state index in [0.29, 0.717) is 51.7 Å². The molecule has 0 aliphatic rings. The molecule has 0 bridgehead atoms. The number of ether oxygens (including phenoxy) is 2. The van der Waals surface area contributed by atoms with Gasteiger partial charge in [0.25, 0.3) is 0 Å². The van der Waals surface area contributed by atoms with Crippen molar-refractivity contribution in [2.75, 3.05) is 44.8 Å². The van der Waals surface area contributed by atoms with Crippen LogP contribution in [0.1, 0.15) is 33.6 Å². The molecule has 0 aliphatic carbocycles. The number of aromatic nitrogens is 1. The summed E-state index contributed by atoms with van der Waals surface area (Å²) < 4.78 is 42.8. The maximum atomic E-state index is 15.7. The fraction of sp³-hybridized carbons (Fsp3) is 0.314. The first kappa shape index (κ1) is 37.0. The van der Waals surface area contributed by atoms with Gasteiger partial charge in [-0.05, 0) is 83.6 Å². The van der Waals surface area contributed by atoms with Crippen LogP contribution in [0.4, 0.5) is 20.4 Å². The van der Waals surface area contributed by atoms with Gasteiger partial charge in [-0.3, -0.25) is 4.99 Å². The van der Waals surface area contributed by atoms with Gasteiger partial charge in [-0.15, -0.1) is 0 Å². The Morgan fingerprint density at radius 3 is 2.45 bits per heavy atom. The van der Waals surface area contributed by atoms with Crippen molar-refractivity contribution in [2.24, 2.45) is 16.6 Å². The van der Waals surface area contributed by atoms with Crippen molar-refractivity contribution in [3.05, 3.63) is 88.8 Å². The lowest BCUT2D eigenvalue weighted by molar-refractivity contribution is 0.237. The molecule has 47 heavy (non-hydrogen) atoms. The number of benzene rings is 2. The molecule has 12 heteroatoms. The van der Waals surface area contributed by atoms with Gasteiger partial charge in [-0.25, -0.2) is 9.37 Å². The number of pyridine rings is 1. The number of halogens is 3. The van der Waals surface area contributed by atoms with Gasteiger partial charge in [0.2, 0.25) is 0 Å². The van der Waals surface area contributed by atoms with Crippen molar-refractivity contribution >= 4 is 33.6 Å². The van der Waals surface area contributed by atoms with E-state index in [1.807, 2.05) is 31.0 Å². The Morgan fingerprint density at radius 2 is 1.81 bits per heavy atom. The summed E-state index contributed by atoms with van der Waals surface area (Å²) in [5.41, 5.74) is 14.8. The number of nitrogens with two attached hydrogens (primary N) is 2. The molecule has 0 aliphatic heterocycles. The smallest absolute Gasteiger partial charge is 0.161 e. The van der Waals surface area contributed by atoms with E-state index in [2.05, 4.69) is 25.9 Å². The normalized spacial score (nSPS) is 13.2. The molecule has 0 fully saturated rings. The molecule has 3 aromatic rings. The summed E-state index contributed by atoms with van der Waals surface area (Å²) >= 11 is 3.29. The fourth-order valence-corrected chi connectivity index (χ4v) is 5.04. The second kappa shape index (κ2) is 18.1. The zero-order chi connectivity index (χ0) is 34.5. The number of aliphatic imine (C=N–C) groups is 1. The molecule has 3 rings (SSSR count). The molecule has 1 unspecified atom stereocenters. The summed E-state index contributed by atoms with van der Waals surface area (Å²) in [4.78, 5) is 10.5. The van der Waals surface area contributed by atoms with Crippen molar-refractivity contribution in [2.45, 2.75) is 33.6 Å². The van der Waals surface area contributed by atoms with Gasteiger partial charge in [0, 0.05) is 66.9 Å². The molecule has 0 spiro atoms. The standard InChI is InChI=1S/C35H43BrF2N6O3/c1-6-25(11-12-45)22-43(20-23(2)17-41-19-28(36)16-39)21-24(3)44(38)29-8-9-30(32(37)15-29)31-13-27(18-42-35(31)40)26-7-10-33(46-4)34(14-26)47-5/h7-10,13-16,18-21,25,45H,6,11-12,17,22,39H2,1-5H3,(H2,40,42)/b23-20+,24-21+,28-16+,41-19-. The Hall–Kier alpha value is -4.42. The van der Waals surface area contributed by atoms with Crippen LogP contribution in [0.2, 0.25) is 0 Å². The van der Waals surface area contributed by atoms with Crippen LogP contribution < -0.4 is 26.1 Å². The molecule has 0 saturated heterocycles. The number of anilines is 2. The number of rotatable bonds is 16. The maximum absolute atomic E-state index is 15.7. The average molecular weight is 714 g/mol.